The lowest BCUT2D eigenvalue weighted by atomic mass is 10.0. The van der Waals surface area contributed by atoms with E-state index in [4.69, 9.17) is 14.2 Å². The van der Waals surface area contributed by atoms with E-state index in [1.165, 1.54) is 37.8 Å². The summed E-state index contributed by atoms with van der Waals surface area (Å²) in [4.78, 5) is 29.6. The molecule has 0 aliphatic heterocycles. The van der Waals surface area contributed by atoms with Gasteiger partial charge in [-0.05, 0) is 29.7 Å². The van der Waals surface area contributed by atoms with Gasteiger partial charge < -0.3 is 24.8 Å². The van der Waals surface area contributed by atoms with Gasteiger partial charge in [-0.1, -0.05) is 36.4 Å². The van der Waals surface area contributed by atoms with E-state index in [0.717, 1.165) is 12.0 Å². The van der Waals surface area contributed by atoms with Gasteiger partial charge in [-0.3, -0.25) is 14.6 Å². The molecule has 1 atom stereocenters. The highest BCUT2D eigenvalue weighted by Crippen LogP contribution is 2.39. The molecule has 3 aromatic rings. The molecule has 0 fully saturated rings. The summed E-state index contributed by atoms with van der Waals surface area (Å²) < 4.78 is 17.4. The first-order valence-electron chi connectivity index (χ1n) is 11.7. The number of benzene rings is 2. The van der Waals surface area contributed by atoms with Crippen molar-refractivity contribution in [3.63, 3.8) is 0 Å². The zero-order valence-corrected chi connectivity index (χ0v) is 21.6. The molecule has 0 aliphatic rings. The topological polar surface area (TPSA) is 129 Å². The predicted molar refractivity (Wildman–Crippen MR) is 139 cm³/mol. The second kappa shape index (κ2) is 13.1. The number of rotatable bonds is 12. The number of carbonyl (C=O) groups excluding carboxylic acids is 2. The fourth-order valence-electron chi connectivity index (χ4n) is 3.70. The number of hydrogen-bond donors (Lipinski definition) is 2. The van der Waals surface area contributed by atoms with Crippen molar-refractivity contribution in [1.82, 2.24) is 25.6 Å². The van der Waals surface area contributed by atoms with Gasteiger partial charge in [0.25, 0.3) is 11.8 Å². The third-order valence-corrected chi connectivity index (χ3v) is 5.68. The van der Waals surface area contributed by atoms with E-state index in [-0.39, 0.29) is 29.8 Å². The Morgan fingerprint density at radius 2 is 1.76 bits per heavy atom. The first-order chi connectivity index (χ1) is 17.9. The highest BCUT2D eigenvalue weighted by molar-refractivity contribution is 5.98. The van der Waals surface area contributed by atoms with Crippen LogP contribution >= 0.6 is 0 Å². The van der Waals surface area contributed by atoms with Crippen LogP contribution in [0.3, 0.4) is 0 Å². The minimum Gasteiger partial charge on any atom is -0.493 e. The summed E-state index contributed by atoms with van der Waals surface area (Å²) in [5.74, 6) is 0.321. The van der Waals surface area contributed by atoms with Gasteiger partial charge in [0.2, 0.25) is 5.75 Å². The summed E-state index contributed by atoms with van der Waals surface area (Å²) in [5.41, 5.74) is 2.58. The van der Waals surface area contributed by atoms with Crippen molar-refractivity contribution in [1.29, 1.82) is 0 Å². The molecular weight excluding hydrogens is 476 g/mol. The monoisotopic (exact) mass is 508 g/mol. The average Bonchev–Trinajstić information content (AvgIpc) is 3.40. The van der Waals surface area contributed by atoms with Crippen LogP contribution in [0.5, 0.6) is 17.2 Å². The summed E-state index contributed by atoms with van der Waals surface area (Å²) in [6.07, 6.45) is 4.13. The van der Waals surface area contributed by atoms with Crippen molar-refractivity contribution in [2.45, 2.75) is 25.9 Å². The first-order valence-corrected chi connectivity index (χ1v) is 11.7. The van der Waals surface area contributed by atoms with E-state index in [2.05, 4.69) is 32.9 Å². The summed E-state index contributed by atoms with van der Waals surface area (Å²) in [7, 11) is 6.08. The van der Waals surface area contributed by atoms with E-state index < -0.39 is 6.04 Å². The molecule has 1 aromatic heterocycles. The lowest BCUT2D eigenvalue weighted by Gasteiger charge is -2.15. The van der Waals surface area contributed by atoms with Gasteiger partial charge in [0.1, 0.15) is 0 Å². The molecule has 37 heavy (non-hydrogen) atoms. The number of hydrogen-bond acceptors (Lipinski definition) is 8. The van der Waals surface area contributed by atoms with Gasteiger partial charge in [0.05, 0.1) is 45.7 Å². The van der Waals surface area contributed by atoms with Crippen LogP contribution in [0.15, 0.2) is 47.6 Å². The number of aliphatic imine (C=N–C) groups is 1. The summed E-state index contributed by atoms with van der Waals surface area (Å²) in [5, 5.41) is 13.7. The van der Waals surface area contributed by atoms with E-state index in [1.807, 2.05) is 24.3 Å². The van der Waals surface area contributed by atoms with Crippen LogP contribution in [0, 0.1) is 0 Å². The number of carbonyl (C=O) groups is 2. The summed E-state index contributed by atoms with van der Waals surface area (Å²) >= 11 is 0. The molecule has 1 unspecified atom stereocenters. The first kappa shape index (κ1) is 27.2. The van der Waals surface area contributed by atoms with E-state index in [0.29, 0.717) is 23.6 Å². The van der Waals surface area contributed by atoms with Gasteiger partial charge in [0, 0.05) is 19.8 Å². The minimum atomic E-state index is -0.399. The van der Waals surface area contributed by atoms with Gasteiger partial charge in [0.15, 0.2) is 17.2 Å². The normalized spacial score (nSPS) is 11.7. The number of nitrogens with one attached hydrogen (secondary N) is 2. The number of ether oxygens (including phenoxy) is 3. The van der Waals surface area contributed by atoms with Gasteiger partial charge in [-0.15, -0.1) is 5.10 Å². The zero-order valence-electron chi connectivity index (χ0n) is 21.6. The van der Waals surface area contributed by atoms with Crippen molar-refractivity contribution in [3.05, 3.63) is 65.0 Å². The van der Waals surface area contributed by atoms with Crippen LogP contribution in [0.25, 0.3) is 0 Å². The van der Waals surface area contributed by atoms with E-state index >= 15 is 0 Å². The Labute approximate surface area is 215 Å². The smallest absolute Gasteiger partial charge is 0.274 e. The van der Waals surface area contributed by atoms with Crippen LogP contribution in [0.1, 0.15) is 44.9 Å². The molecular formula is C26H32N6O5. The summed E-state index contributed by atoms with van der Waals surface area (Å²) in [6, 6.07) is 10.8. The van der Waals surface area contributed by atoms with Crippen molar-refractivity contribution in [3.8, 4) is 17.2 Å². The molecule has 0 radical (unpaired) electrons. The Morgan fingerprint density at radius 3 is 2.38 bits per heavy atom. The summed E-state index contributed by atoms with van der Waals surface area (Å²) in [6.45, 7) is 2.64. The van der Waals surface area contributed by atoms with Crippen LogP contribution in [-0.4, -0.2) is 67.9 Å². The van der Waals surface area contributed by atoms with Gasteiger partial charge >= 0.3 is 0 Å². The molecule has 0 saturated heterocycles. The Kier molecular flexibility index (Phi) is 9.59. The van der Waals surface area contributed by atoms with Gasteiger partial charge in [-0.25, -0.2) is 4.68 Å². The fourth-order valence-corrected chi connectivity index (χ4v) is 3.70. The van der Waals surface area contributed by atoms with E-state index in [9.17, 15) is 9.59 Å². The molecule has 1 heterocycles. The fraction of sp³-hybridized carbons (Fsp3) is 0.346. The zero-order chi connectivity index (χ0) is 26.8. The van der Waals surface area contributed by atoms with Crippen LogP contribution in [-0.2, 0) is 13.0 Å². The standard InChI is InChI=1S/C26H32N6O5/c1-6-17-7-9-18(10-8-17)20(15-27-2)29-26(34)21-16-32(31-30-21)14-13-28-25(33)19-11-12-22(35-3)24(37-5)23(19)36-4/h7-12,15-16,20H,6,13-14H2,1-5H3,(H,28,33)(H,29,34). The third kappa shape index (κ3) is 6.63. The highest BCUT2D eigenvalue weighted by atomic mass is 16.5. The maximum Gasteiger partial charge on any atom is 0.274 e. The molecule has 11 nitrogen and oxygen atoms in total. The molecule has 3 rings (SSSR count). The minimum absolute atomic E-state index is 0.160. The van der Waals surface area contributed by atoms with E-state index in [1.54, 1.807) is 25.4 Å². The Hall–Kier alpha value is -4.41. The number of nitrogens with zero attached hydrogens (tertiary/aromatic N) is 4. The number of aromatic nitrogens is 3. The highest BCUT2D eigenvalue weighted by Gasteiger charge is 2.21. The van der Waals surface area contributed by atoms with Crippen molar-refractivity contribution in [2.24, 2.45) is 4.99 Å². The Balaban J connectivity index is 1.60. The molecule has 0 bridgehead atoms. The number of methoxy groups -OCH3 is 3. The number of aryl methyl sites for hydroxylation is 1. The SMILES string of the molecule is CCc1ccc(C(C=NC)NC(=O)c2cn(CCNC(=O)c3ccc(OC)c(OC)c3OC)nn2)cc1. The van der Waals surface area contributed by atoms with Crippen molar-refractivity contribution in [2.75, 3.05) is 34.9 Å². The van der Waals surface area contributed by atoms with Crippen LogP contribution < -0.4 is 24.8 Å². The van der Waals surface area contributed by atoms with Crippen molar-refractivity contribution < 1.29 is 23.8 Å². The largest absolute Gasteiger partial charge is 0.493 e. The lowest BCUT2D eigenvalue weighted by Crippen LogP contribution is -2.30. The molecule has 0 saturated carbocycles. The van der Waals surface area contributed by atoms with Crippen LogP contribution in [0.4, 0.5) is 0 Å². The Morgan fingerprint density at radius 1 is 1.03 bits per heavy atom. The molecule has 2 N–H and O–H groups in total. The maximum absolute atomic E-state index is 12.8. The molecule has 0 aliphatic carbocycles. The lowest BCUT2D eigenvalue weighted by molar-refractivity contribution is 0.0935. The molecule has 0 spiro atoms. The average molecular weight is 509 g/mol. The molecule has 196 valence electrons. The van der Waals surface area contributed by atoms with Gasteiger partial charge in [-0.2, -0.15) is 0 Å². The third-order valence-electron chi connectivity index (χ3n) is 5.68. The molecule has 11 heteroatoms. The molecule has 2 amide bonds. The maximum atomic E-state index is 12.8. The molecule has 2 aromatic carbocycles. The quantitative estimate of drug-likeness (QED) is 0.360. The Bertz CT molecular complexity index is 1240. The second-order valence-electron chi connectivity index (χ2n) is 7.96. The second-order valence-corrected chi connectivity index (χ2v) is 7.96. The van der Waals surface area contributed by atoms with Crippen molar-refractivity contribution >= 4 is 18.0 Å². The predicted octanol–water partition coefficient (Wildman–Crippen LogP) is 2.47. The number of amides is 2. The van der Waals surface area contributed by atoms with Crippen LogP contribution in [0.2, 0.25) is 0 Å².